The van der Waals surface area contributed by atoms with Crippen molar-refractivity contribution in [3.8, 4) is 0 Å². The fraction of sp³-hybridized carbons (Fsp3) is 0.652. The summed E-state index contributed by atoms with van der Waals surface area (Å²) in [6, 6.07) is 4.32. The van der Waals surface area contributed by atoms with Gasteiger partial charge in [-0.2, -0.15) is 0 Å². The van der Waals surface area contributed by atoms with E-state index in [1.54, 1.807) is 6.07 Å². The molecule has 0 aromatic heterocycles. The van der Waals surface area contributed by atoms with E-state index in [1.807, 2.05) is 0 Å². The third-order valence-corrected chi connectivity index (χ3v) is 6.43. The summed E-state index contributed by atoms with van der Waals surface area (Å²) in [5.74, 6) is 1.79. The Hall–Kier alpha value is -1.18. The average Bonchev–Trinajstić information content (AvgIpc) is 2.63. The van der Waals surface area contributed by atoms with E-state index in [-0.39, 0.29) is 0 Å². The van der Waals surface area contributed by atoms with Crippen molar-refractivity contribution < 1.29 is 8.78 Å². The van der Waals surface area contributed by atoms with Crippen molar-refractivity contribution in [3.63, 3.8) is 0 Å². The minimum absolute atomic E-state index is 0.719. The first-order chi connectivity index (χ1) is 12.1. The molecule has 0 spiro atoms. The molecule has 138 valence electrons. The standard InChI is InChI=1S/C23H32F2/c1-17-2-4-18(5-3-17)6-7-19-8-10-20(11-9-19)12-13-21-14-15-22(24)23(25)16-21/h6-7,14-20H,2-5,8-13H2,1H3/b7-6+. The molecule has 2 aliphatic carbocycles. The van der Waals surface area contributed by atoms with Crippen molar-refractivity contribution in [1.82, 2.24) is 0 Å². The third-order valence-electron chi connectivity index (χ3n) is 6.43. The van der Waals surface area contributed by atoms with Gasteiger partial charge in [-0.3, -0.25) is 0 Å². The van der Waals surface area contributed by atoms with Crippen LogP contribution in [0.3, 0.4) is 0 Å². The van der Waals surface area contributed by atoms with Crippen molar-refractivity contribution in [1.29, 1.82) is 0 Å². The van der Waals surface area contributed by atoms with Crippen LogP contribution >= 0.6 is 0 Å². The maximum Gasteiger partial charge on any atom is 0.159 e. The summed E-state index contributed by atoms with van der Waals surface area (Å²) in [4.78, 5) is 0. The zero-order chi connectivity index (χ0) is 17.6. The lowest BCUT2D eigenvalue weighted by Gasteiger charge is -2.28. The van der Waals surface area contributed by atoms with Crippen LogP contribution in [-0.2, 0) is 6.42 Å². The summed E-state index contributed by atoms with van der Waals surface area (Å²) in [6.45, 7) is 2.38. The molecule has 25 heavy (non-hydrogen) atoms. The Morgan fingerprint density at radius 2 is 1.44 bits per heavy atom. The van der Waals surface area contributed by atoms with Gasteiger partial charge in [0, 0.05) is 0 Å². The molecule has 0 bridgehead atoms. The van der Waals surface area contributed by atoms with Gasteiger partial charge in [-0.25, -0.2) is 8.78 Å². The van der Waals surface area contributed by atoms with Crippen LogP contribution in [-0.4, -0.2) is 0 Å². The second kappa shape index (κ2) is 8.96. The minimum atomic E-state index is -0.747. The Morgan fingerprint density at radius 1 is 0.840 bits per heavy atom. The minimum Gasteiger partial charge on any atom is -0.204 e. The van der Waals surface area contributed by atoms with E-state index < -0.39 is 11.6 Å². The lowest BCUT2D eigenvalue weighted by atomic mass is 9.78. The molecule has 2 aliphatic rings. The van der Waals surface area contributed by atoms with E-state index in [4.69, 9.17) is 0 Å². The molecule has 0 N–H and O–H groups in total. The molecule has 0 amide bonds. The van der Waals surface area contributed by atoms with Crippen molar-refractivity contribution in [2.75, 3.05) is 0 Å². The summed E-state index contributed by atoms with van der Waals surface area (Å²) >= 11 is 0. The Bertz CT molecular complexity index is 561. The predicted octanol–water partition coefficient (Wildman–Crippen LogP) is 7.09. The van der Waals surface area contributed by atoms with Gasteiger partial charge in [0.1, 0.15) is 0 Å². The second-order valence-electron chi connectivity index (χ2n) is 8.47. The zero-order valence-electron chi connectivity index (χ0n) is 15.5. The number of allylic oxidation sites excluding steroid dienone is 2. The lowest BCUT2D eigenvalue weighted by Crippen LogP contribution is -2.15. The summed E-state index contributed by atoms with van der Waals surface area (Å²) in [5.41, 5.74) is 0.924. The maximum atomic E-state index is 13.3. The highest BCUT2D eigenvalue weighted by Crippen LogP contribution is 2.34. The molecule has 0 heterocycles. The molecule has 2 saturated carbocycles. The molecule has 0 nitrogen and oxygen atoms in total. The largest absolute Gasteiger partial charge is 0.204 e. The van der Waals surface area contributed by atoms with Gasteiger partial charge in [-0.1, -0.05) is 38.0 Å². The summed E-state index contributed by atoms with van der Waals surface area (Å²) in [7, 11) is 0. The SMILES string of the molecule is CC1CCC(/C=C/C2CCC(CCc3ccc(F)c(F)c3)CC2)CC1. The quantitative estimate of drug-likeness (QED) is 0.499. The average molecular weight is 347 g/mol. The van der Waals surface area contributed by atoms with Gasteiger partial charge >= 0.3 is 0 Å². The first-order valence-corrected chi connectivity index (χ1v) is 10.2. The molecule has 0 unspecified atom stereocenters. The number of hydrogen-bond acceptors (Lipinski definition) is 0. The van der Waals surface area contributed by atoms with Crippen LogP contribution in [0.15, 0.2) is 30.4 Å². The molecular formula is C23H32F2. The first-order valence-electron chi connectivity index (χ1n) is 10.2. The monoisotopic (exact) mass is 346 g/mol. The number of hydrogen-bond donors (Lipinski definition) is 0. The molecule has 0 radical (unpaired) electrons. The first kappa shape index (κ1) is 18.6. The number of benzene rings is 1. The van der Waals surface area contributed by atoms with Crippen LogP contribution in [0.5, 0.6) is 0 Å². The van der Waals surface area contributed by atoms with Crippen LogP contribution in [0, 0.1) is 35.3 Å². The van der Waals surface area contributed by atoms with E-state index in [1.165, 1.54) is 63.5 Å². The number of aryl methyl sites for hydroxylation is 1. The van der Waals surface area contributed by atoms with E-state index >= 15 is 0 Å². The third kappa shape index (κ3) is 5.66. The summed E-state index contributed by atoms with van der Waals surface area (Å²) in [5, 5.41) is 0. The van der Waals surface area contributed by atoms with E-state index in [2.05, 4.69) is 19.1 Å². The van der Waals surface area contributed by atoms with Crippen molar-refractivity contribution in [2.45, 2.75) is 71.1 Å². The van der Waals surface area contributed by atoms with Gasteiger partial charge in [0.2, 0.25) is 0 Å². The number of rotatable bonds is 5. The zero-order valence-corrected chi connectivity index (χ0v) is 15.5. The molecular weight excluding hydrogens is 314 g/mol. The van der Waals surface area contributed by atoms with Gasteiger partial charge in [-0.15, -0.1) is 0 Å². The highest BCUT2D eigenvalue weighted by Gasteiger charge is 2.21. The highest BCUT2D eigenvalue weighted by molar-refractivity contribution is 5.17. The van der Waals surface area contributed by atoms with Gasteiger partial charge in [0.25, 0.3) is 0 Å². The Labute approximate surface area is 151 Å². The maximum absolute atomic E-state index is 13.3. The molecule has 0 saturated heterocycles. The van der Waals surface area contributed by atoms with E-state index in [0.29, 0.717) is 0 Å². The van der Waals surface area contributed by atoms with Gasteiger partial charge in [0.15, 0.2) is 11.6 Å². The molecule has 3 rings (SSSR count). The molecule has 0 atom stereocenters. The molecule has 0 aliphatic heterocycles. The molecule has 1 aromatic carbocycles. The smallest absolute Gasteiger partial charge is 0.159 e. The van der Waals surface area contributed by atoms with Crippen molar-refractivity contribution >= 4 is 0 Å². The van der Waals surface area contributed by atoms with Crippen LogP contribution in [0.25, 0.3) is 0 Å². The van der Waals surface area contributed by atoms with Gasteiger partial charge in [0.05, 0.1) is 0 Å². The van der Waals surface area contributed by atoms with Gasteiger partial charge in [-0.05, 0) is 92.7 Å². The number of halogens is 2. The fourth-order valence-corrected chi connectivity index (χ4v) is 4.53. The highest BCUT2D eigenvalue weighted by atomic mass is 19.2. The van der Waals surface area contributed by atoms with Crippen LogP contribution in [0.2, 0.25) is 0 Å². The molecule has 2 heteroatoms. The van der Waals surface area contributed by atoms with Crippen molar-refractivity contribution in [3.05, 3.63) is 47.5 Å². The summed E-state index contributed by atoms with van der Waals surface area (Å²) in [6.07, 6.45) is 17.7. The van der Waals surface area contributed by atoms with E-state index in [0.717, 1.165) is 42.1 Å². The van der Waals surface area contributed by atoms with Crippen LogP contribution < -0.4 is 0 Å². The fourth-order valence-electron chi connectivity index (χ4n) is 4.53. The molecule has 2 fully saturated rings. The van der Waals surface area contributed by atoms with E-state index in [9.17, 15) is 8.78 Å². The topological polar surface area (TPSA) is 0 Å². The normalized spacial score (nSPS) is 30.7. The van der Waals surface area contributed by atoms with Crippen LogP contribution in [0.1, 0.15) is 70.3 Å². The van der Waals surface area contributed by atoms with Gasteiger partial charge < -0.3 is 0 Å². The Morgan fingerprint density at radius 3 is 2.04 bits per heavy atom. The Balaban J connectivity index is 1.37. The predicted molar refractivity (Wildman–Crippen MR) is 100 cm³/mol. The Kier molecular flexibility index (Phi) is 6.67. The molecule has 1 aromatic rings. The lowest BCUT2D eigenvalue weighted by molar-refractivity contribution is 0.293. The van der Waals surface area contributed by atoms with Crippen LogP contribution in [0.4, 0.5) is 8.78 Å². The summed E-state index contributed by atoms with van der Waals surface area (Å²) < 4.78 is 26.3. The van der Waals surface area contributed by atoms with Crippen molar-refractivity contribution in [2.24, 2.45) is 23.7 Å². The second-order valence-corrected chi connectivity index (χ2v) is 8.47.